The molecule has 1 aliphatic heterocycles. The molecule has 1 fully saturated rings. The van der Waals surface area contributed by atoms with E-state index >= 15 is 0 Å². The van der Waals surface area contributed by atoms with Crippen LogP contribution in [-0.4, -0.2) is 31.0 Å². The van der Waals surface area contributed by atoms with E-state index in [1.807, 2.05) is 0 Å². The van der Waals surface area contributed by atoms with Crippen molar-refractivity contribution in [1.29, 1.82) is 0 Å². The Hall–Kier alpha value is -1.81. The summed E-state index contributed by atoms with van der Waals surface area (Å²) < 4.78 is 65.1. The van der Waals surface area contributed by atoms with Crippen LogP contribution < -0.4 is 5.11 Å². The van der Waals surface area contributed by atoms with Gasteiger partial charge in [0, 0.05) is 0 Å². The zero-order valence-electron chi connectivity index (χ0n) is 11.2. The SMILES string of the molecule is C[C@@H]1OS(=O)(=O)N(C(=O)[O-])[C@H]1Cc1ccc(C(F)(F)F)cc1. The summed E-state index contributed by atoms with van der Waals surface area (Å²) in [4.78, 5) is 11.0. The van der Waals surface area contributed by atoms with Crippen molar-refractivity contribution in [2.24, 2.45) is 0 Å². The van der Waals surface area contributed by atoms with E-state index in [0.717, 1.165) is 24.3 Å². The van der Waals surface area contributed by atoms with Crippen molar-refractivity contribution in [3.8, 4) is 0 Å². The van der Waals surface area contributed by atoms with Gasteiger partial charge in [0.25, 0.3) is 0 Å². The van der Waals surface area contributed by atoms with E-state index in [4.69, 9.17) is 0 Å². The van der Waals surface area contributed by atoms with Crippen molar-refractivity contribution in [3.63, 3.8) is 0 Å². The van der Waals surface area contributed by atoms with Crippen molar-refractivity contribution in [1.82, 2.24) is 4.31 Å². The molecule has 0 aromatic heterocycles. The Kier molecular flexibility index (Phi) is 4.09. The molecule has 0 saturated carbocycles. The van der Waals surface area contributed by atoms with Gasteiger partial charge in [0.2, 0.25) is 0 Å². The Morgan fingerprint density at radius 1 is 1.32 bits per heavy atom. The number of halogens is 3. The molecule has 1 aliphatic rings. The highest BCUT2D eigenvalue weighted by Gasteiger charge is 2.44. The van der Waals surface area contributed by atoms with Gasteiger partial charge in [-0.2, -0.15) is 21.6 Å². The average molecular weight is 338 g/mol. The highest BCUT2D eigenvalue weighted by Crippen LogP contribution is 2.31. The molecule has 2 atom stereocenters. The van der Waals surface area contributed by atoms with Gasteiger partial charge in [-0.3, -0.25) is 0 Å². The molecule has 1 heterocycles. The van der Waals surface area contributed by atoms with Crippen molar-refractivity contribution < 1.29 is 35.7 Å². The Morgan fingerprint density at radius 3 is 2.32 bits per heavy atom. The number of hydrogen-bond donors (Lipinski definition) is 0. The van der Waals surface area contributed by atoms with E-state index in [9.17, 15) is 31.5 Å². The normalized spacial score (nSPS) is 24.5. The van der Waals surface area contributed by atoms with Gasteiger partial charge in [-0.15, -0.1) is 0 Å². The standard InChI is InChI=1S/C12H12F3NO5S/c1-7-10(16(11(17)18)22(19,20)21-7)6-8-2-4-9(5-3-8)12(13,14)15/h2-5,7,10H,6H2,1H3,(H,17,18)/p-1/t7-,10-/m0/s1. The summed E-state index contributed by atoms with van der Waals surface area (Å²) in [5, 5.41) is 11.0. The predicted octanol–water partition coefficient (Wildman–Crippen LogP) is 0.925. The van der Waals surface area contributed by atoms with E-state index in [1.54, 1.807) is 0 Å². The molecule has 1 aromatic rings. The first-order chi connectivity index (χ1) is 10.0. The molecule has 122 valence electrons. The second-order valence-electron chi connectivity index (χ2n) is 4.79. The molecule has 0 radical (unpaired) electrons. The third-order valence-corrected chi connectivity index (χ3v) is 4.71. The average Bonchev–Trinajstić information content (AvgIpc) is 2.58. The largest absolute Gasteiger partial charge is 0.529 e. The van der Waals surface area contributed by atoms with Crippen LogP contribution in [0, 0.1) is 0 Å². The number of alkyl halides is 3. The molecule has 6 nitrogen and oxygen atoms in total. The first-order valence-corrected chi connectivity index (χ1v) is 7.48. The summed E-state index contributed by atoms with van der Waals surface area (Å²) in [6, 6.07) is 2.91. The van der Waals surface area contributed by atoms with Crippen LogP contribution in [0.25, 0.3) is 0 Å². The fraction of sp³-hybridized carbons (Fsp3) is 0.417. The molecule has 22 heavy (non-hydrogen) atoms. The van der Waals surface area contributed by atoms with Crippen LogP contribution in [0.2, 0.25) is 0 Å². The van der Waals surface area contributed by atoms with Crippen LogP contribution >= 0.6 is 0 Å². The smallest absolute Gasteiger partial charge is 0.416 e. The lowest BCUT2D eigenvalue weighted by atomic mass is 10.0. The molecule has 1 saturated heterocycles. The zero-order valence-corrected chi connectivity index (χ0v) is 12.0. The summed E-state index contributed by atoms with van der Waals surface area (Å²) >= 11 is 0. The number of nitrogens with zero attached hydrogens (tertiary/aromatic N) is 1. The monoisotopic (exact) mass is 338 g/mol. The fourth-order valence-corrected chi connectivity index (χ4v) is 3.57. The lowest BCUT2D eigenvalue weighted by molar-refractivity contribution is -0.260. The molecule has 2 rings (SSSR count). The highest BCUT2D eigenvalue weighted by molar-refractivity contribution is 7.85. The lowest BCUT2D eigenvalue weighted by Gasteiger charge is -2.24. The first-order valence-electron chi connectivity index (χ1n) is 6.12. The van der Waals surface area contributed by atoms with E-state index in [0.29, 0.717) is 5.56 Å². The maximum absolute atomic E-state index is 12.5. The summed E-state index contributed by atoms with van der Waals surface area (Å²) in [6.45, 7) is 1.36. The van der Waals surface area contributed by atoms with Crippen molar-refractivity contribution in [2.45, 2.75) is 31.7 Å². The van der Waals surface area contributed by atoms with Crippen LogP contribution in [0.5, 0.6) is 0 Å². The number of benzene rings is 1. The molecule has 0 unspecified atom stereocenters. The Balaban J connectivity index is 2.24. The van der Waals surface area contributed by atoms with Gasteiger partial charge in [0.15, 0.2) is 6.09 Å². The summed E-state index contributed by atoms with van der Waals surface area (Å²) in [6.07, 6.45) is -7.51. The number of amides is 1. The molecule has 0 N–H and O–H groups in total. The predicted molar refractivity (Wildman–Crippen MR) is 65.6 cm³/mol. The summed E-state index contributed by atoms with van der Waals surface area (Å²) in [5.74, 6) is 0. The first kappa shape index (κ1) is 16.6. The van der Waals surface area contributed by atoms with Crippen LogP contribution in [-0.2, 0) is 27.1 Å². The van der Waals surface area contributed by atoms with Crippen molar-refractivity contribution in [2.75, 3.05) is 0 Å². The van der Waals surface area contributed by atoms with E-state index < -0.39 is 40.3 Å². The van der Waals surface area contributed by atoms with Gasteiger partial charge in [-0.05, 0) is 31.0 Å². The minimum absolute atomic E-state index is 0.0787. The van der Waals surface area contributed by atoms with Gasteiger partial charge in [-0.25, -0.2) is 8.49 Å². The number of carbonyl (C=O) groups excluding carboxylic acids is 1. The van der Waals surface area contributed by atoms with Crippen LogP contribution in [0.1, 0.15) is 18.1 Å². The minimum atomic E-state index is -4.48. The number of carbonyl (C=O) groups is 1. The molecular formula is C12H11F3NO5S-. The van der Waals surface area contributed by atoms with Gasteiger partial charge < -0.3 is 9.90 Å². The van der Waals surface area contributed by atoms with E-state index in [2.05, 4.69) is 4.18 Å². The van der Waals surface area contributed by atoms with Gasteiger partial charge in [0.1, 0.15) is 0 Å². The second-order valence-corrected chi connectivity index (χ2v) is 6.23. The van der Waals surface area contributed by atoms with E-state index in [1.165, 1.54) is 6.92 Å². The van der Waals surface area contributed by atoms with Crippen LogP contribution in [0.15, 0.2) is 24.3 Å². The molecule has 10 heteroatoms. The molecule has 1 aromatic carbocycles. The van der Waals surface area contributed by atoms with Crippen molar-refractivity contribution >= 4 is 16.4 Å². The fourth-order valence-electron chi connectivity index (χ4n) is 2.21. The molecule has 0 bridgehead atoms. The quantitative estimate of drug-likeness (QED) is 0.800. The summed E-state index contributed by atoms with van der Waals surface area (Å²) in [7, 11) is -4.44. The van der Waals surface area contributed by atoms with Crippen LogP contribution in [0.4, 0.5) is 18.0 Å². The molecule has 0 spiro atoms. The molecular weight excluding hydrogens is 327 g/mol. The maximum atomic E-state index is 12.5. The second kappa shape index (κ2) is 5.43. The number of hydrogen-bond acceptors (Lipinski definition) is 5. The van der Waals surface area contributed by atoms with E-state index in [-0.39, 0.29) is 10.7 Å². The van der Waals surface area contributed by atoms with Crippen molar-refractivity contribution in [3.05, 3.63) is 35.4 Å². The van der Waals surface area contributed by atoms with Gasteiger partial charge in [-0.1, -0.05) is 12.1 Å². The summed E-state index contributed by atoms with van der Waals surface area (Å²) in [5.41, 5.74) is -0.506. The maximum Gasteiger partial charge on any atom is 0.416 e. The lowest BCUT2D eigenvalue weighted by Crippen LogP contribution is -2.48. The Labute approximate surface area is 124 Å². The molecule has 1 amide bonds. The highest BCUT2D eigenvalue weighted by atomic mass is 32.2. The topological polar surface area (TPSA) is 86.7 Å². The number of carboxylic acid groups (broad SMARTS) is 1. The Bertz CT molecular complexity index is 671. The minimum Gasteiger partial charge on any atom is -0.529 e. The third kappa shape index (κ3) is 3.17. The van der Waals surface area contributed by atoms with Gasteiger partial charge >= 0.3 is 16.5 Å². The molecule has 0 aliphatic carbocycles. The van der Waals surface area contributed by atoms with Crippen LogP contribution in [0.3, 0.4) is 0 Å². The number of rotatable bonds is 2. The van der Waals surface area contributed by atoms with Gasteiger partial charge in [0.05, 0.1) is 17.7 Å². The zero-order chi connectivity index (χ0) is 16.7. The Morgan fingerprint density at radius 2 is 1.86 bits per heavy atom. The third-order valence-electron chi connectivity index (χ3n) is 3.26.